The number of aliphatic carboxylic acids is 1. The summed E-state index contributed by atoms with van der Waals surface area (Å²) in [5, 5.41) is 8.68. The molecule has 5 heteroatoms. The lowest BCUT2D eigenvalue weighted by molar-refractivity contribution is -0.131. The number of carbonyl (C=O) groups is 2. The molecule has 1 heterocycles. The summed E-state index contributed by atoms with van der Waals surface area (Å²) in [6.07, 6.45) is 3.42. The Bertz CT molecular complexity index is 525. The number of hydrogen-bond acceptors (Lipinski definition) is 3. The number of benzene rings is 1. The third kappa shape index (κ3) is 3.13. The summed E-state index contributed by atoms with van der Waals surface area (Å²) in [7, 11) is 0. The van der Waals surface area contributed by atoms with Crippen LogP contribution in [0.15, 0.2) is 30.3 Å². The van der Waals surface area contributed by atoms with Crippen molar-refractivity contribution in [2.45, 2.75) is 6.42 Å². The van der Waals surface area contributed by atoms with Gasteiger partial charge in [0, 0.05) is 24.9 Å². The Morgan fingerprint density at radius 2 is 2.11 bits per heavy atom. The third-order valence-electron chi connectivity index (χ3n) is 3.27. The molecule has 1 atom stereocenters. The van der Waals surface area contributed by atoms with Crippen LogP contribution in [0.1, 0.15) is 12.0 Å². The monoisotopic (exact) mass is 260 g/mol. The standard InChI is InChI=1S/C14H16N2O3/c15-14(19)11-7-8-16(9-11)12-4-2-1-3-10(12)5-6-13(17)18/h1-6,11H,7-9H2,(H2,15,19)(H,17,18)/b6-5+. The van der Waals surface area contributed by atoms with Gasteiger partial charge in [-0.3, -0.25) is 4.79 Å². The highest BCUT2D eigenvalue weighted by Gasteiger charge is 2.27. The van der Waals surface area contributed by atoms with Crippen LogP contribution in [0.25, 0.3) is 6.08 Å². The Balaban J connectivity index is 2.21. The molecule has 1 aliphatic rings. The van der Waals surface area contributed by atoms with Crippen molar-refractivity contribution in [3.63, 3.8) is 0 Å². The Morgan fingerprint density at radius 1 is 1.37 bits per heavy atom. The summed E-state index contributed by atoms with van der Waals surface area (Å²) < 4.78 is 0. The van der Waals surface area contributed by atoms with E-state index in [0.717, 1.165) is 30.3 Å². The Labute approximate surface area is 111 Å². The first-order valence-corrected chi connectivity index (χ1v) is 6.12. The molecule has 100 valence electrons. The molecule has 1 aromatic carbocycles. The lowest BCUT2D eigenvalue weighted by Crippen LogP contribution is -2.27. The van der Waals surface area contributed by atoms with Gasteiger partial charge < -0.3 is 15.7 Å². The minimum atomic E-state index is -0.980. The van der Waals surface area contributed by atoms with Gasteiger partial charge in [0.25, 0.3) is 0 Å². The number of amides is 1. The molecule has 0 saturated carbocycles. The largest absolute Gasteiger partial charge is 0.478 e. The zero-order valence-electron chi connectivity index (χ0n) is 10.5. The fraction of sp³-hybridized carbons (Fsp3) is 0.286. The molecule has 0 aromatic heterocycles. The molecule has 5 nitrogen and oxygen atoms in total. The molecule has 0 spiro atoms. The number of rotatable bonds is 4. The van der Waals surface area contributed by atoms with Crippen LogP contribution in [0.5, 0.6) is 0 Å². The van der Waals surface area contributed by atoms with E-state index in [-0.39, 0.29) is 11.8 Å². The molecule has 19 heavy (non-hydrogen) atoms. The lowest BCUT2D eigenvalue weighted by Gasteiger charge is -2.20. The summed E-state index contributed by atoms with van der Waals surface area (Å²) in [5.41, 5.74) is 7.08. The number of para-hydroxylation sites is 1. The number of hydrogen-bond donors (Lipinski definition) is 2. The molecule has 3 N–H and O–H groups in total. The van der Waals surface area contributed by atoms with Crippen molar-refractivity contribution in [1.29, 1.82) is 0 Å². The SMILES string of the molecule is NC(=O)C1CCN(c2ccccc2/C=C/C(=O)O)C1. The van der Waals surface area contributed by atoms with E-state index >= 15 is 0 Å². The number of nitrogens with two attached hydrogens (primary N) is 1. The van der Waals surface area contributed by atoms with E-state index in [0.29, 0.717) is 6.54 Å². The molecular formula is C14H16N2O3. The van der Waals surface area contributed by atoms with Crippen molar-refractivity contribution in [2.24, 2.45) is 11.7 Å². The maximum absolute atomic E-state index is 11.2. The first-order chi connectivity index (χ1) is 9.08. The van der Waals surface area contributed by atoms with Gasteiger partial charge in [0.05, 0.1) is 5.92 Å². The first kappa shape index (κ1) is 13.1. The van der Waals surface area contributed by atoms with Gasteiger partial charge in [0.1, 0.15) is 0 Å². The number of nitrogens with zero attached hydrogens (tertiary/aromatic N) is 1. The summed E-state index contributed by atoms with van der Waals surface area (Å²) >= 11 is 0. The predicted molar refractivity (Wildman–Crippen MR) is 72.6 cm³/mol. The average Bonchev–Trinajstić information content (AvgIpc) is 2.86. The maximum atomic E-state index is 11.2. The molecule has 1 fully saturated rings. The van der Waals surface area contributed by atoms with E-state index in [1.165, 1.54) is 0 Å². The molecule has 1 amide bonds. The summed E-state index contributed by atoms with van der Waals surface area (Å²) in [6, 6.07) is 7.52. The van der Waals surface area contributed by atoms with Gasteiger partial charge in [-0.25, -0.2) is 4.79 Å². The fourth-order valence-electron chi connectivity index (χ4n) is 2.29. The van der Waals surface area contributed by atoms with Crippen molar-refractivity contribution in [2.75, 3.05) is 18.0 Å². The van der Waals surface area contributed by atoms with Crippen molar-refractivity contribution in [3.05, 3.63) is 35.9 Å². The van der Waals surface area contributed by atoms with E-state index in [1.54, 1.807) is 6.08 Å². The minimum absolute atomic E-state index is 0.128. The van der Waals surface area contributed by atoms with Gasteiger partial charge in [-0.2, -0.15) is 0 Å². The van der Waals surface area contributed by atoms with Gasteiger partial charge in [-0.05, 0) is 24.1 Å². The Kier molecular flexibility index (Phi) is 3.85. The van der Waals surface area contributed by atoms with Gasteiger partial charge in [0.2, 0.25) is 5.91 Å². The summed E-state index contributed by atoms with van der Waals surface area (Å²) in [4.78, 5) is 23.8. The van der Waals surface area contributed by atoms with Crippen molar-refractivity contribution < 1.29 is 14.7 Å². The molecule has 1 saturated heterocycles. The van der Waals surface area contributed by atoms with Gasteiger partial charge in [0.15, 0.2) is 0 Å². The molecule has 2 rings (SSSR count). The minimum Gasteiger partial charge on any atom is -0.478 e. The zero-order valence-corrected chi connectivity index (χ0v) is 10.5. The second-order valence-electron chi connectivity index (χ2n) is 4.56. The van der Waals surface area contributed by atoms with E-state index in [1.807, 2.05) is 24.3 Å². The van der Waals surface area contributed by atoms with Crippen LogP contribution in [0, 0.1) is 5.92 Å². The quantitative estimate of drug-likeness (QED) is 0.794. The molecule has 0 bridgehead atoms. The Hall–Kier alpha value is -2.30. The highest BCUT2D eigenvalue weighted by Crippen LogP contribution is 2.27. The number of primary amides is 1. The van der Waals surface area contributed by atoms with E-state index in [4.69, 9.17) is 10.8 Å². The molecule has 0 aliphatic carbocycles. The van der Waals surface area contributed by atoms with Crippen molar-refractivity contribution >= 4 is 23.6 Å². The highest BCUT2D eigenvalue weighted by atomic mass is 16.4. The number of carboxylic acids is 1. The first-order valence-electron chi connectivity index (χ1n) is 6.12. The summed E-state index contributed by atoms with van der Waals surface area (Å²) in [5.74, 6) is -1.39. The number of carbonyl (C=O) groups excluding carboxylic acids is 1. The Morgan fingerprint density at radius 3 is 2.74 bits per heavy atom. The third-order valence-corrected chi connectivity index (χ3v) is 3.27. The van der Waals surface area contributed by atoms with E-state index in [9.17, 15) is 9.59 Å². The van der Waals surface area contributed by atoms with Crippen LogP contribution >= 0.6 is 0 Å². The molecular weight excluding hydrogens is 244 g/mol. The number of carboxylic acid groups (broad SMARTS) is 1. The molecule has 1 unspecified atom stereocenters. The van der Waals surface area contributed by atoms with Gasteiger partial charge in [-0.15, -0.1) is 0 Å². The highest BCUT2D eigenvalue weighted by molar-refractivity contribution is 5.87. The van der Waals surface area contributed by atoms with Gasteiger partial charge >= 0.3 is 5.97 Å². The number of anilines is 1. The van der Waals surface area contributed by atoms with Crippen LogP contribution in [0.2, 0.25) is 0 Å². The van der Waals surface area contributed by atoms with Crippen LogP contribution in [0.3, 0.4) is 0 Å². The topological polar surface area (TPSA) is 83.6 Å². The predicted octanol–water partition coefficient (Wildman–Crippen LogP) is 1.10. The van der Waals surface area contributed by atoms with E-state index in [2.05, 4.69) is 4.90 Å². The van der Waals surface area contributed by atoms with Crippen LogP contribution in [0.4, 0.5) is 5.69 Å². The fourth-order valence-corrected chi connectivity index (χ4v) is 2.29. The van der Waals surface area contributed by atoms with Crippen molar-refractivity contribution in [1.82, 2.24) is 0 Å². The van der Waals surface area contributed by atoms with E-state index < -0.39 is 5.97 Å². The molecule has 1 aromatic rings. The van der Waals surface area contributed by atoms with Crippen LogP contribution in [-0.2, 0) is 9.59 Å². The lowest BCUT2D eigenvalue weighted by atomic mass is 10.1. The molecule has 1 aliphatic heterocycles. The molecule has 0 radical (unpaired) electrons. The van der Waals surface area contributed by atoms with Crippen molar-refractivity contribution in [3.8, 4) is 0 Å². The van der Waals surface area contributed by atoms with Gasteiger partial charge in [-0.1, -0.05) is 18.2 Å². The second kappa shape index (κ2) is 5.56. The average molecular weight is 260 g/mol. The van der Waals surface area contributed by atoms with Crippen LogP contribution < -0.4 is 10.6 Å². The summed E-state index contributed by atoms with van der Waals surface area (Å²) in [6.45, 7) is 1.35. The normalized spacial score (nSPS) is 18.9. The second-order valence-corrected chi connectivity index (χ2v) is 4.56. The maximum Gasteiger partial charge on any atom is 0.328 e. The zero-order chi connectivity index (χ0) is 13.8. The van der Waals surface area contributed by atoms with Crippen LogP contribution in [-0.4, -0.2) is 30.1 Å². The smallest absolute Gasteiger partial charge is 0.328 e.